The van der Waals surface area contributed by atoms with E-state index < -0.39 is 23.3 Å². The van der Waals surface area contributed by atoms with Gasteiger partial charge in [-0.15, -0.1) is 6.58 Å². The summed E-state index contributed by atoms with van der Waals surface area (Å²) in [5, 5.41) is 0. The van der Waals surface area contributed by atoms with Crippen LogP contribution < -0.4 is 0 Å². The highest BCUT2D eigenvalue weighted by molar-refractivity contribution is 5.95. The molecule has 0 N–H and O–H groups in total. The molecule has 0 spiro atoms. The Morgan fingerprint density at radius 3 is 1.68 bits per heavy atom. The van der Waals surface area contributed by atoms with Crippen LogP contribution in [0.25, 0.3) is 0 Å². The Kier molecular flexibility index (Phi) is 9.60. The molecule has 1 aliphatic heterocycles. The fourth-order valence-electron chi connectivity index (χ4n) is 5.19. The third-order valence-electron chi connectivity index (χ3n) is 6.92. The molecule has 0 aromatic heterocycles. The minimum absolute atomic E-state index is 0.139. The molecule has 1 heterocycles. The third-order valence-corrected chi connectivity index (χ3v) is 6.92. The monoisotopic (exact) mass is 434 g/mol. The van der Waals surface area contributed by atoms with E-state index in [9.17, 15) is 9.59 Å². The van der Waals surface area contributed by atoms with Crippen LogP contribution in [0.1, 0.15) is 109 Å². The zero-order valence-electron chi connectivity index (χ0n) is 22.8. The third kappa shape index (κ3) is 8.58. The molecule has 1 rings (SSSR count). The van der Waals surface area contributed by atoms with E-state index in [1.54, 1.807) is 0 Å². The molecule has 1 aliphatic rings. The van der Waals surface area contributed by atoms with Gasteiger partial charge in [0, 0.05) is 5.41 Å². The highest BCUT2D eigenvalue weighted by atomic mass is 16.6. The maximum absolute atomic E-state index is 11.9. The number of allylic oxidation sites excluding steroid dienone is 3. The summed E-state index contributed by atoms with van der Waals surface area (Å²) in [6.45, 7) is 32.6. The standard InChI is InChI=1S/C16H26O3.C12H24/c1-8-16(7,11-9-12(17)19-13(11)18)15(5,6)10-14(2,3)4;1-8-10(2)12(6,7)9-11(3,4)5/h8,11H,1,9-10H2,2-7H3;8H,9H2,1-7H3/b;10-8-. The summed E-state index contributed by atoms with van der Waals surface area (Å²) in [4.78, 5) is 23.3. The molecule has 0 aromatic rings. The van der Waals surface area contributed by atoms with Crippen LogP contribution in [0, 0.1) is 33.0 Å². The van der Waals surface area contributed by atoms with Crippen molar-refractivity contribution in [1.82, 2.24) is 0 Å². The smallest absolute Gasteiger partial charge is 0.318 e. The Bertz CT molecular complexity index is 680. The lowest BCUT2D eigenvalue weighted by Gasteiger charge is -2.47. The van der Waals surface area contributed by atoms with Crippen LogP contribution in [0.15, 0.2) is 24.3 Å². The van der Waals surface area contributed by atoms with E-state index in [2.05, 4.69) is 95.7 Å². The van der Waals surface area contributed by atoms with Crippen LogP contribution in [-0.4, -0.2) is 11.9 Å². The molecule has 0 radical (unpaired) electrons. The van der Waals surface area contributed by atoms with Crippen LogP contribution in [0.5, 0.6) is 0 Å². The van der Waals surface area contributed by atoms with Crippen molar-refractivity contribution in [3.63, 3.8) is 0 Å². The molecule has 3 nitrogen and oxygen atoms in total. The fraction of sp³-hybridized carbons (Fsp3) is 0.786. The molecule has 3 heteroatoms. The summed E-state index contributed by atoms with van der Waals surface area (Å²) < 4.78 is 4.72. The normalized spacial score (nSPS) is 20.5. The first kappa shape index (κ1) is 29.6. The molecule has 180 valence electrons. The van der Waals surface area contributed by atoms with Gasteiger partial charge in [-0.1, -0.05) is 93.9 Å². The maximum Gasteiger partial charge on any atom is 0.318 e. The van der Waals surface area contributed by atoms with E-state index in [-0.39, 0.29) is 17.3 Å². The molecule has 1 saturated heterocycles. The number of hydrogen-bond acceptors (Lipinski definition) is 3. The first-order valence-electron chi connectivity index (χ1n) is 11.6. The van der Waals surface area contributed by atoms with Gasteiger partial charge in [-0.05, 0) is 48.3 Å². The number of carbonyl (C=O) groups is 2. The Hall–Kier alpha value is -1.38. The summed E-state index contributed by atoms with van der Waals surface area (Å²) >= 11 is 0. The van der Waals surface area contributed by atoms with Crippen molar-refractivity contribution in [2.75, 3.05) is 0 Å². The van der Waals surface area contributed by atoms with Crippen molar-refractivity contribution in [2.45, 2.75) is 109 Å². The molecular weight excluding hydrogens is 384 g/mol. The first-order chi connectivity index (χ1) is 13.6. The molecule has 0 aromatic carbocycles. The van der Waals surface area contributed by atoms with Crippen molar-refractivity contribution in [2.24, 2.45) is 33.0 Å². The van der Waals surface area contributed by atoms with E-state index in [4.69, 9.17) is 4.74 Å². The lowest BCUT2D eigenvalue weighted by Crippen LogP contribution is -2.43. The maximum atomic E-state index is 11.9. The minimum atomic E-state index is -0.455. The number of ether oxygens (including phenoxy) is 1. The zero-order chi connectivity index (χ0) is 25.1. The highest BCUT2D eigenvalue weighted by Gasteiger charge is 2.53. The number of rotatable bonds is 6. The summed E-state index contributed by atoms with van der Waals surface area (Å²) in [6.07, 6.45) is 6.39. The number of esters is 2. The molecule has 0 saturated carbocycles. The van der Waals surface area contributed by atoms with Gasteiger partial charge in [0.05, 0.1) is 12.3 Å². The fourth-order valence-corrected chi connectivity index (χ4v) is 5.19. The second-order valence-corrected chi connectivity index (χ2v) is 13.3. The lowest BCUT2D eigenvalue weighted by atomic mass is 9.55. The van der Waals surface area contributed by atoms with Gasteiger partial charge in [-0.3, -0.25) is 9.59 Å². The van der Waals surface area contributed by atoms with Gasteiger partial charge >= 0.3 is 11.9 Å². The van der Waals surface area contributed by atoms with Gasteiger partial charge in [0.15, 0.2) is 0 Å². The Labute approximate surface area is 193 Å². The summed E-state index contributed by atoms with van der Waals surface area (Å²) in [7, 11) is 0. The quantitative estimate of drug-likeness (QED) is 0.241. The predicted octanol–water partition coefficient (Wildman–Crippen LogP) is 8.15. The second-order valence-electron chi connectivity index (χ2n) is 13.3. The Morgan fingerprint density at radius 1 is 0.935 bits per heavy atom. The van der Waals surface area contributed by atoms with Gasteiger partial charge in [0.1, 0.15) is 0 Å². The second kappa shape index (κ2) is 10.0. The molecule has 2 unspecified atom stereocenters. The molecule has 0 aliphatic carbocycles. The zero-order valence-corrected chi connectivity index (χ0v) is 22.8. The van der Waals surface area contributed by atoms with Crippen molar-refractivity contribution in [3.8, 4) is 0 Å². The number of cyclic esters (lactones) is 2. The Balaban J connectivity index is 0.000000649. The Morgan fingerprint density at radius 2 is 1.39 bits per heavy atom. The van der Waals surface area contributed by atoms with Crippen molar-refractivity contribution >= 4 is 11.9 Å². The molecule has 1 fully saturated rings. The number of hydrogen-bond donors (Lipinski definition) is 0. The largest absolute Gasteiger partial charge is 0.393 e. The molecule has 0 bridgehead atoms. The predicted molar refractivity (Wildman–Crippen MR) is 133 cm³/mol. The van der Waals surface area contributed by atoms with E-state index in [0.29, 0.717) is 10.8 Å². The highest BCUT2D eigenvalue weighted by Crippen LogP contribution is 2.53. The van der Waals surface area contributed by atoms with Crippen LogP contribution in [0.2, 0.25) is 0 Å². The van der Waals surface area contributed by atoms with Gasteiger partial charge in [-0.25, -0.2) is 0 Å². The average Bonchev–Trinajstić information content (AvgIpc) is 2.88. The van der Waals surface area contributed by atoms with Crippen molar-refractivity contribution < 1.29 is 14.3 Å². The van der Waals surface area contributed by atoms with Crippen LogP contribution in [0.3, 0.4) is 0 Å². The van der Waals surface area contributed by atoms with E-state index in [1.807, 2.05) is 13.0 Å². The molecule has 2 atom stereocenters. The van der Waals surface area contributed by atoms with Gasteiger partial charge < -0.3 is 4.74 Å². The van der Waals surface area contributed by atoms with E-state index >= 15 is 0 Å². The van der Waals surface area contributed by atoms with E-state index in [0.717, 1.165) is 6.42 Å². The first-order valence-corrected chi connectivity index (χ1v) is 11.6. The molecule has 0 amide bonds. The lowest BCUT2D eigenvalue weighted by molar-refractivity contribution is -0.155. The molecule has 31 heavy (non-hydrogen) atoms. The average molecular weight is 435 g/mol. The summed E-state index contributed by atoms with van der Waals surface area (Å²) in [6, 6.07) is 0. The van der Waals surface area contributed by atoms with Gasteiger partial charge in [0.2, 0.25) is 0 Å². The van der Waals surface area contributed by atoms with Crippen molar-refractivity contribution in [1.29, 1.82) is 0 Å². The van der Waals surface area contributed by atoms with Gasteiger partial charge in [0.25, 0.3) is 0 Å². The van der Waals surface area contributed by atoms with Crippen LogP contribution >= 0.6 is 0 Å². The topological polar surface area (TPSA) is 43.4 Å². The summed E-state index contributed by atoms with van der Waals surface area (Å²) in [5.41, 5.74) is 1.81. The molecular formula is C28H50O3. The van der Waals surface area contributed by atoms with E-state index in [1.165, 1.54) is 12.0 Å². The number of carbonyl (C=O) groups excluding carboxylic acids is 2. The minimum Gasteiger partial charge on any atom is -0.393 e. The summed E-state index contributed by atoms with van der Waals surface area (Å²) in [5.74, 6) is -1.25. The SMILES string of the molecule is C/C=C(/C)C(C)(C)CC(C)(C)C.C=CC(C)(C1CC(=O)OC1=O)C(C)(C)CC(C)(C)C. The van der Waals surface area contributed by atoms with Crippen LogP contribution in [0.4, 0.5) is 0 Å². The van der Waals surface area contributed by atoms with Crippen molar-refractivity contribution in [3.05, 3.63) is 24.3 Å². The van der Waals surface area contributed by atoms with Gasteiger partial charge in [-0.2, -0.15) is 0 Å². The van der Waals surface area contributed by atoms with Crippen LogP contribution in [-0.2, 0) is 14.3 Å².